The minimum absolute atomic E-state index is 0.161. The lowest BCUT2D eigenvalue weighted by atomic mass is 10.1. The largest absolute Gasteiger partial charge is 0.488 e. The average Bonchev–Trinajstić information content (AvgIpc) is 3.01. The van der Waals surface area contributed by atoms with Crippen LogP contribution in [0.15, 0.2) is 36.5 Å². The van der Waals surface area contributed by atoms with Crippen molar-refractivity contribution in [3.63, 3.8) is 0 Å². The number of amides is 1. The number of fused-ring (bicyclic) bond motifs is 1. The Morgan fingerprint density at radius 2 is 2.25 bits per heavy atom. The minimum atomic E-state index is -0.388. The number of pyridine rings is 1. The molecule has 1 unspecified atom stereocenters. The molecule has 0 radical (unpaired) electrons. The molecule has 1 aliphatic rings. The van der Waals surface area contributed by atoms with Gasteiger partial charge in [0.2, 0.25) is 0 Å². The number of esters is 1. The zero-order valence-corrected chi connectivity index (χ0v) is 13.7. The van der Waals surface area contributed by atoms with Crippen molar-refractivity contribution in [1.29, 1.82) is 0 Å². The first-order valence-electron chi connectivity index (χ1n) is 7.35. The van der Waals surface area contributed by atoms with Crippen molar-refractivity contribution in [2.24, 2.45) is 0 Å². The average molecular weight is 347 g/mol. The van der Waals surface area contributed by atoms with Crippen molar-refractivity contribution in [1.82, 2.24) is 10.3 Å². The first-order chi connectivity index (χ1) is 11.6. The predicted molar refractivity (Wildman–Crippen MR) is 87.5 cm³/mol. The number of carbonyl (C=O) groups is 2. The molecule has 3 rings (SSSR count). The summed E-state index contributed by atoms with van der Waals surface area (Å²) in [6, 6.07) is 8.40. The summed E-state index contributed by atoms with van der Waals surface area (Å²) < 4.78 is 10.5. The predicted octanol–water partition coefficient (Wildman–Crippen LogP) is 2.26. The highest BCUT2D eigenvalue weighted by molar-refractivity contribution is 6.32. The van der Waals surface area contributed by atoms with Gasteiger partial charge in [-0.3, -0.25) is 4.79 Å². The van der Waals surface area contributed by atoms with Gasteiger partial charge in [-0.2, -0.15) is 0 Å². The quantitative estimate of drug-likeness (QED) is 0.678. The Hall–Kier alpha value is -2.60. The molecule has 0 spiro atoms. The number of rotatable bonds is 4. The zero-order chi connectivity index (χ0) is 17.1. The van der Waals surface area contributed by atoms with Gasteiger partial charge >= 0.3 is 5.97 Å². The highest BCUT2D eigenvalue weighted by atomic mass is 35.5. The normalized spacial score (nSPS) is 15.3. The van der Waals surface area contributed by atoms with E-state index in [0.717, 1.165) is 5.56 Å². The summed E-state index contributed by atoms with van der Waals surface area (Å²) in [5, 5.41) is 2.95. The van der Waals surface area contributed by atoms with Crippen LogP contribution >= 0.6 is 11.6 Å². The van der Waals surface area contributed by atoms with E-state index in [4.69, 9.17) is 21.1 Å². The smallest absolute Gasteiger partial charge is 0.337 e. The van der Waals surface area contributed by atoms with E-state index in [1.54, 1.807) is 30.3 Å². The number of carbonyl (C=O) groups excluding carboxylic acids is 2. The Morgan fingerprint density at radius 3 is 3.00 bits per heavy atom. The van der Waals surface area contributed by atoms with E-state index in [-0.39, 0.29) is 23.1 Å². The fourth-order valence-corrected chi connectivity index (χ4v) is 2.74. The molecule has 1 aliphatic heterocycles. The summed E-state index contributed by atoms with van der Waals surface area (Å²) in [5.74, 6) is 0.0185. The van der Waals surface area contributed by atoms with Crippen molar-refractivity contribution in [3.05, 3.63) is 58.4 Å². The molecule has 1 aromatic carbocycles. The SMILES string of the molecule is COC(=O)c1ccc2c(c1)CC(CNC(=O)c1cccnc1Cl)O2. The molecule has 0 saturated heterocycles. The Labute approximate surface area is 143 Å². The number of hydrogen-bond donors (Lipinski definition) is 1. The molecule has 24 heavy (non-hydrogen) atoms. The third-order valence-electron chi connectivity index (χ3n) is 3.72. The lowest BCUT2D eigenvalue weighted by Crippen LogP contribution is -2.34. The van der Waals surface area contributed by atoms with Crippen LogP contribution in [0.3, 0.4) is 0 Å². The topological polar surface area (TPSA) is 77.5 Å². The van der Waals surface area contributed by atoms with Gasteiger partial charge < -0.3 is 14.8 Å². The van der Waals surface area contributed by atoms with Crippen molar-refractivity contribution in [3.8, 4) is 5.75 Å². The number of hydrogen-bond acceptors (Lipinski definition) is 5. The summed E-state index contributed by atoms with van der Waals surface area (Å²) in [6.07, 6.45) is 1.92. The van der Waals surface area contributed by atoms with E-state index in [0.29, 0.717) is 29.8 Å². The second-order valence-electron chi connectivity index (χ2n) is 5.31. The zero-order valence-electron chi connectivity index (χ0n) is 12.9. The maximum atomic E-state index is 12.1. The van der Waals surface area contributed by atoms with Gasteiger partial charge in [0.05, 0.1) is 24.8 Å². The molecule has 2 heterocycles. The molecule has 2 aromatic rings. The van der Waals surface area contributed by atoms with Crippen LogP contribution in [0.5, 0.6) is 5.75 Å². The van der Waals surface area contributed by atoms with E-state index in [1.807, 2.05) is 0 Å². The van der Waals surface area contributed by atoms with Crippen LogP contribution in [-0.2, 0) is 11.2 Å². The lowest BCUT2D eigenvalue weighted by Gasteiger charge is -2.12. The van der Waals surface area contributed by atoms with Crippen molar-refractivity contribution < 1.29 is 19.1 Å². The Bertz CT molecular complexity index is 794. The van der Waals surface area contributed by atoms with E-state index in [1.165, 1.54) is 13.3 Å². The fraction of sp³-hybridized carbons (Fsp3) is 0.235. The molecular weight excluding hydrogens is 332 g/mol. The molecule has 0 saturated carbocycles. The first kappa shape index (κ1) is 16.3. The molecule has 124 valence electrons. The Kier molecular flexibility index (Phi) is 4.66. The Balaban J connectivity index is 1.61. The Morgan fingerprint density at radius 1 is 1.42 bits per heavy atom. The molecule has 6 nitrogen and oxygen atoms in total. The van der Waals surface area contributed by atoms with Crippen molar-refractivity contribution in [2.45, 2.75) is 12.5 Å². The maximum absolute atomic E-state index is 12.1. The van der Waals surface area contributed by atoms with Gasteiger partial charge in [0.25, 0.3) is 5.91 Å². The van der Waals surface area contributed by atoms with Gasteiger partial charge in [-0.05, 0) is 35.9 Å². The third-order valence-corrected chi connectivity index (χ3v) is 4.02. The van der Waals surface area contributed by atoms with Gasteiger partial charge in [0, 0.05) is 12.6 Å². The van der Waals surface area contributed by atoms with Gasteiger partial charge in [0.15, 0.2) is 0 Å². The van der Waals surface area contributed by atoms with Crippen LogP contribution in [0.4, 0.5) is 0 Å². The van der Waals surface area contributed by atoms with Crippen LogP contribution in [0, 0.1) is 0 Å². The van der Waals surface area contributed by atoms with Gasteiger partial charge in [-0.1, -0.05) is 11.6 Å². The van der Waals surface area contributed by atoms with E-state index < -0.39 is 0 Å². The van der Waals surface area contributed by atoms with Crippen LogP contribution < -0.4 is 10.1 Å². The third kappa shape index (κ3) is 3.33. The van der Waals surface area contributed by atoms with E-state index >= 15 is 0 Å². The molecule has 0 fully saturated rings. The summed E-state index contributed by atoms with van der Waals surface area (Å²) in [6.45, 7) is 0.326. The van der Waals surface area contributed by atoms with Gasteiger partial charge in [-0.25, -0.2) is 9.78 Å². The molecule has 1 atom stereocenters. The number of benzene rings is 1. The number of halogens is 1. The van der Waals surface area contributed by atoms with Gasteiger partial charge in [0.1, 0.15) is 17.0 Å². The number of nitrogens with zero attached hydrogens (tertiary/aromatic N) is 1. The van der Waals surface area contributed by atoms with E-state index in [9.17, 15) is 9.59 Å². The summed E-state index contributed by atoms with van der Waals surface area (Å²) in [4.78, 5) is 27.6. The highest BCUT2D eigenvalue weighted by Gasteiger charge is 2.25. The maximum Gasteiger partial charge on any atom is 0.337 e. The molecule has 1 amide bonds. The fourth-order valence-electron chi connectivity index (χ4n) is 2.54. The van der Waals surface area contributed by atoms with E-state index in [2.05, 4.69) is 10.3 Å². The number of methoxy groups -OCH3 is 1. The molecular formula is C17H15ClN2O4. The molecule has 7 heteroatoms. The number of nitrogens with one attached hydrogen (secondary N) is 1. The standard InChI is InChI=1S/C17H15ClN2O4/c1-23-17(22)10-4-5-14-11(7-10)8-12(24-14)9-20-16(21)13-3-2-6-19-15(13)18/h2-7,12H,8-9H2,1H3,(H,20,21). The summed E-state index contributed by atoms with van der Waals surface area (Å²) >= 11 is 5.90. The summed E-state index contributed by atoms with van der Waals surface area (Å²) in [7, 11) is 1.34. The summed E-state index contributed by atoms with van der Waals surface area (Å²) in [5.41, 5.74) is 1.71. The van der Waals surface area contributed by atoms with Crippen LogP contribution in [0.25, 0.3) is 0 Å². The first-order valence-corrected chi connectivity index (χ1v) is 7.73. The lowest BCUT2D eigenvalue weighted by molar-refractivity contribution is 0.0600. The van der Waals surface area contributed by atoms with Crippen LogP contribution in [0.1, 0.15) is 26.3 Å². The second kappa shape index (κ2) is 6.88. The molecule has 1 N–H and O–H groups in total. The van der Waals surface area contributed by atoms with Crippen molar-refractivity contribution >= 4 is 23.5 Å². The van der Waals surface area contributed by atoms with Crippen LogP contribution in [0.2, 0.25) is 5.15 Å². The molecule has 1 aromatic heterocycles. The minimum Gasteiger partial charge on any atom is -0.488 e. The number of ether oxygens (including phenoxy) is 2. The highest BCUT2D eigenvalue weighted by Crippen LogP contribution is 2.29. The van der Waals surface area contributed by atoms with Gasteiger partial charge in [-0.15, -0.1) is 0 Å². The van der Waals surface area contributed by atoms with Crippen molar-refractivity contribution in [2.75, 3.05) is 13.7 Å². The second-order valence-corrected chi connectivity index (χ2v) is 5.67. The monoisotopic (exact) mass is 346 g/mol. The molecule has 0 aliphatic carbocycles. The molecule has 0 bridgehead atoms. The van der Waals surface area contributed by atoms with Crippen LogP contribution in [-0.4, -0.2) is 36.6 Å². The number of aromatic nitrogens is 1.